The van der Waals surface area contributed by atoms with Crippen LogP contribution in [0, 0.1) is 0 Å². The van der Waals surface area contributed by atoms with Crippen molar-refractivity contribution in [3.63, 3.8) is 0 Å². The van der Waals surface area contributed by atoms with Crippen LogP contribution in [0.25, 0.3) is 0 Å². The minimum Gasteiger partial charge on any atom is -0.394 e. The predicted octanol–water partition coefficient (Wildman–Crippen LogP) is 3.88. The number of hydrogen-bond donors (Lipinski definition) is 1. The van der Waals surface area contributed by atoms with Crippen molar-refractivity contribution in [2.45, 2.75) is 0 Å². The van der Waals surface area contributed by atoms with Crippen LogP contribution in [0.5, 0.6) is 5.75 Å². The highest BCUT2D eigenvalue weighted by Gasteiger charge is 2.24. The van der Waals surface area contributed by atoms with E-state index in [9.17, 15) is 9.46 Å². The average Bonchev–Trinajstić information content (AvgIpc) is 2.40. The molecule has 2 rings (SSSR count). The first-order valence-electron chi connectivity index (χ1n) is 5.38. The second kappa shape index (κ2) is 6.13. The zero-order valence-corrected chi connectivity index (χ0v) is 10.7. The van der Waals surface area contributed by atoms with Crippen molar-refractivity contribution >= 4 is 13.5 Å². The fourth-order valence-electron chi connectivity index (χ4n) is 1.24. The Balaban J connectivity index is 1.95. The van der Waals surface area contributed by atoms with Gasteiger partial charge >= 0.3 is 7.82 Å². The molecule has 0 aromatic heterocycles. The first-order chi connectivity index (χ1) is 9.16. The van der Waals surface area contributed by atoms with E-state index in [-0.39, 0.29) is 5.75 Å². The SMILES string of the molecule is O=P(O)(ON=Nc1ccccc1)Oc1ccccc1. The molecule has 98 valence electrons. The minimum atomic E-state index is -4.31. The fourth-order valence-corrected chi connectivity index (χ4v) is 1.79. The molecular formula is C12H11N2O4P. The first-order valence-corrected chi connectivity index (χ1v) is 6.87. The molecule has 0 amide bonds. The highest BCUT2D eigenvalue weighted by Crippen LogP contribution is 2.44. The van der Waals surface area contributed by atoms with E-state index in [1.165, 1.54) is 12.1 Å². The summed E-state index contributed by atoms with van der Waals surface area (Å²) < 4.78 is 20.7. The van der Waals surface area contributed by atoms with Crippen molar-refractivity contribution in [2.24, 2.45) is 10.4 Å². The summed E-state index contributed by atoms with van der Waals surface area (Å²) in [5.74, 6) is 0.211. The monoisotopic (exact) mass is 278 g/mol. The minimum absolute atomic E-state index is 0.211. The number of benzene rings is 2. The molecule has 0 aliphatic heterocycles. The van der Waals surface area contributed by atoms with E-state index >= 15 is 0 Å². The third kappa shape index (κ3) is 4.54. The quantitative estimate of drug-likeness (QED) is 0.511. The second-order valence-corrected chi connectivity index (χ2v) is 4.75. The Bertz CT molecular complexity index is 589. The number of phosphoric acid groups is 1. The predicted molar refractivity (Wildman–Crippen MR) is 68.9 cm³/mol. The second-order valence-electron chi connectivity index (χ2n) is 3.47. The van der Waals surface area contributed by atoms with Crippen molar-refractivity contribution in [2.75, 3.05) is 0 Å². The summed E-state index contributed by atoms with van der Waals surface area (Å²) in [6.45, 7) is 0. The number of para-hydroxylation sites is 1. The Morgan fingerprint density at radius 2 is 1.53 bits per heavy atom. The van der Waals surface area contributed by atoms with Crippen molar-refractivity contribution in [3.05, 3.63) is 60.7 Å². The van der Waals surface area contributed by atoms with Gasteiger partial charge < -0.3 is 4.52 Å². The number of rotatable bonds is 5. The molecule has 0 saturated carbocycles. The van der Waals surface area contributed by atoms with Gasteiger partial charge in [0.2, 0.25) is 0 Å². The van der Waals surface area contributed by atoms with Crippen molar-refractivity contribution in [1.29, 1.82) is 0 Å². The van der Waals surface area contributed by atoms with Crippen LogP contribution < -0.4 is 4.52 Å². The third-order valence-corrected chi connectivity index (χ3v) is 2.74. The molecule has 2 aromatic rings. The average molecular weight is 278 g/mol. The van der Waals surface area contributed by atoms with Crippen LogP contribution in [0.2, 0.25) is 0 Å². The summed E-state index contributed by atoms with van der Waals surface area (Å²) in [5, 5.41) is 6.82. The zero-order valence-electron chi connectivity index (χ0n) is 9.79. The molecule has 1 unspecified atom stereocenters. The van der Waals surface area contributed by atoms with E-state index in [1.54, 1.807) is 42.5 Å². The van der Waals surface area contributed by atoms with Gasteiger partial charge in [-0.05, 0) is 24.3 Å². The summed E-state index contributed by atoms with van der Waals surface area (Å²) >= 11 is 0. The number of hydrogen-bond acceptors (Lipinski definition) is 5. The topological polar surface area (TPSA) is 80.5 Å². The lowest BCUT2D eigenvalue weighted by molar-refractivity contribution is 0.199. The first kappa shape index (κ1) is 13.3. The van der Waals surface area contributed by atoms with Gasteiger partial charge in [-0.2, -0.15) is 0 Å². The third-order valence-electron chi connectivity index (χ3n) is 2.02. The molecule has 0 heterocycles. The van der Waals surface area contributed by atoms with Crippen LogP contribution >= 0.6 is 7.82 Å². The molecule has 2 aromatic carbocycles. The van der Waals surface area contributed by atoms with Gasteiger partial charge in [0.05, 0.1) is 5.69 Å². The maximum absolute atomic E-state index is 11.5. The molecule has 0 spiro atoms. The molecule has 6 nitrogen and oxygen atoms in total. The van der Waals surface area contributed by atoms with Crippen LogP contribution in [0.15, 0.2) is 71.1 Å². The Kier molecular flexibility index (Phi) is 4.28. The maximum Gasteiger partial charge on any atom is 0.606 e. The smallest absolute Gasteiger partial charge is 0.394 e. The molecule has 1 atom stereocenters. The van der Waals surface area contributed by atoms with Crippen molar-refractivity contribution in [3.8, 4) is 5.75 Å². The van der Waals surface area contributed by atoms with Crippen LogP contribution in [0.3, 0.4) is 0 Å². The van der Waals surface area contributed by atoms with Crippen LogP contribution in [0.1, 0.15) is 0 Å². The van der Waals surface area contributed by atoms with Crippen molar-refractivity contribution in [1.82, 2.24) is 0 Å². The summed E-state index contributed by atoms with van der Waals surface area (Å²) in [5.41, 5.74) is 0.502. The molecule has 0 radical (unpaired) electrons. The lowest BCUT2D eigenvalue weighted by Crippen LogP contribution is -1.92. The molecule has 0 fully saturated rings. The number of phosphoric ester groups is 1. The van der Waals surface area contributed by atoms with Gasteiger partial charge in [-0.25, -0.2) is 4.57 Å². The lowest BCUT2D eigenvalue weighted by Gasteiger charge is -2.08. The van der Waals surface area contributed by atoms with Crippen LogP contribution in [0.4, 0.5) is 5.69 Å². The lowest BCUT2D eigenvalue weighted by atomic mass is 10.3. The van der Waals surface area contributed by atoms with E-state index in [2.05, 4.69) is 15.0 Å². The largest absolute Gasteiger partial charge is 0.606 e. The Hall–Kier alpha value is -2.17. The molecule has 19 heavy (non-hydrogen) atoms. The summed E-state index contributed by atoms with van der Waals surface area (Å²) in [7, 11) is -4.31. The van der Waals surface area contributed by atoms with E-state index in [0.29, 0.717) is 5.69 Å². The molecule has 7 heteroatoms. The zero-order chi connectivity index (χ0) is 13.6. The van der Waals surface area contributed by atoms with Crippen LogP contribution in [-0.2, 0) is 9.19 Å². The van der Waals surface area contributed by atoms with Gasteiger partial charge in [-0.3, -0.25) is 9.52 Å². The maximum atomic E-state index is 11.5. The van der Waals surface area contributed by atoms with Gasteiger partial charge in [-0.15, -0.1) is 5.11 Å². The molecule has 0 saturated heterocycles. The summed E-state index contributed by atoms with van der Waals surface area (Å²) in [4.78, 5) is 9.40. The van der Waals surface area contributed by atoms with Gasteiger partial charge in [0, 0.05) is 5.28 Å². The van der Waals surface area contributed by atoms with E-state index in [1.807, 2.05) is 6.07 Å². The molecule has 1 N–H and O–H groups in total. The Morgan fingerprint density at radius 1 is 0.947 bits per heavy atom. The van der Waals surface area contributed by atoms with E-state index < -0.39 is 7.82 Å². The normalized spacial score (nSPS) is 13.9. The van der Waals surface area contributed by atoms with Gasteiger partial charge in [0.25, 0.3) is 0 Å². The van der Waals surface area contributed by atoms with Gasteiger partial charge in [0.1, 0.15) is 5.75 Å². The van der Waals surface area contributed by atoms with Crippen LogP contribution in [-0.4, -0.2) is 4.89 Å². The molecule has 0 aliphatic carbocycles. The number of nitrogens with zero attached hydrogens (tertiary/aromatic N) is 2. The molecular weight excluding hydrogens is 267 g/mol. The van der Waals surface area contributed by atoms with Gasteiger partial charge in [-0.1, -0.05) is 36.4 Å². The fraction of sp³-hybridized carbons (Fsp3) is 0. The highest BCUT2D eigenvalue weighted by atomic mass is 31.2. The van der Waals surface area contributed by atoms with Gasteiger partial charge in [0.15, 0.2) is 0 Å². The standard InChI is InChI=1S/C12H11N2O4P/c15-19(16,17-12-9-5-2-6-10-12)18-14-13-11-7-3-1-4-8-11/h1-10H,(H,15,16). The molecule has 0 bridgehead atoms. The molecule has 0 aliphatic rings. The van der Waals surface area contributed by atoms with E-state index in [0.717, 1.165) is 0 Å². The highest BCUT2D eigenvalue weighted by molar-refractivity contribution is 7.47. The summed E-state index contributed by atoms with van der Waals surface area (Å²) in [6, 6.07) is 16.8. The Labute approximate surface area is 109 Å². The Morgan fingerprint density at radius 3 is 2.16 bits per heavy atom. The van der Waals surface area contributed by atoms with E-state index in [4.69, 9.17) is 4.52 Å². The summed E-state index contributed by atoms with van der Waals surface area (Å²) in [6.07, 6.45) is 0. The van der Waals surface area contributed by atoms with Crippen molar-refractivity contribution < 1.29 is 18.6 Å².